The predicted octanol–water partition coefficient (Wildman–Crippen LogP) is 5.47. The Hall–Kier alpha value is -2.03. The molecule has 1 amide bonds. The van der Waals surface area contributed by atoms with Crippen molar-refractivity contribution in [2.75, 3.05) is 6.54 Å². The molecular formula is C18H19BrF3N3O2. The number of halogens is 4. The number of imidazole rings is 1. The molecule has 0 radical (unpaired) electrons. The Labute approximate surface area is 163 Å². The van der Waals surface area contributed by atoms with Crippen LogP contribution in [0, 0.1) is 0 Å². The fourth-order valence-corrected chi connectivity index (χ4v) is 3.03. The summed E-state index contributed by atoms with van der Waals surface area (Å²) in [6.07, 6.45) is -4.21. The molecule has 146 valence electrons. The SMILES string of the molecule is CC(C)(C)OC(=O)N1CCC1n1cc(C(F)(F)F)nc1-c1ccc(Br)cc1. The summed E-state index contributed by atoms with van der Waals surface area (Å²) in [6.45, 7) is 5.64. The third-order valence-corrected chi connectivity index (χ3v) is 4.59. The Morgan fingerprint density at radius 1 is 1.22 bits per heavy atom. The van der Waals surface area contributed by atoms with E-state index in [1.807, 2.05) is 0 Å². The summed E-state index contributed by atoms with van der Waals surface area (Å²) in [5.41, 5.74) is -1.14. The van der Waals surface area contributed by atoms with Gasteiger partial charge in [-0.2, -0.15) is 13.2 Å². The zero-order valence-electron chi connectivity index (χ0n) is 15.0. The molecule has 0 bridgehead atoms. The van der Waals surface area contributed by atoms with E-state index in [1.54, 1.807) is 45.0 Å². The third kappa shape index (κ3) is 4.28. The van der Waals surface area contributed by atoms with Crippen molar-refractivity contribution in [3.63, 3.8) is 0 Å². The zero-order chi connectivity index (χ0) is 20.0. The lowest BCUT2D eigenvalue weighted by molar-refractivity contribution is -0.141. The molecular weight excluding hydrogens is 427 g/mol. The van der Waals surface area contributed by atoms with E-state index in [2.05, 4.69) is 20.9 Å². The van der Waals surface area contributed by atoms with Gasteiger partial charge >= 0.3 is 12.3 Å². The highest BCUT2D eigenvalue weighted by atomic mass is 79.9. The highest BCUT2D eigenvalue weighted by Crippen LogP contribution is 2.37. The van der Waals surface area contributed by atoms with Gasteiger partial charge in [0.25, 0.3) is 0 Å². The Balaban J connectivity index is 1.97. The van der Waals surface area contributed by atoms with Crippen molar-refractivity contribution < 1.29 is 22.7 Å². The first-order valence-electron chi connectivity index (χ1n) is 8.37. The number of benzene rings is 1. The standard InChI is InChI=1S/C18H19BrF3N3O2/c1-17(2,3)27-16(26)24-9-8-14(24)25-10-13(18(20,21)22)23-15(25)11-4-6-12(19)7-5-11/h4-7,10,14H,8-9H2,1-3H3. The molecule has 0 saturated carbocycles. The fourth-order valence-electron chi connectivity index (χ4n) is 2.77. The first kappa shape index (κ1) is 19.7. The van der Waals surface area contributed by atoms with Crippen molar-refractivity contribution in [2.45, 2.75) is 45.1 Å². The van der Waals surface area contributed by atoms with E-state index in [1.165, 1.54) is 9.47 Å². The topological polar surface area (TPSA) is 47.4 Å². The van der Waals surface area contributed by atoms with Gasteiger partial charge in [0.15, 0.2) is 5.69 Å². The van der Waals surface area contributed by atoms with Gasteiger partial charge in [0, 0.05) is 29.2 Å². The molecule has 1 aromatic carbocycles. The van der Waals surface area contributed by atoms with E-state index < -0.39 is 29.7 Å². The van der Waals surface area contributed by atoms with Crippen molar-refractivity contribution in [2.24, 2.45) is 0 Å². The Kier molecular flexibility index (Phi) is 5.00. The first-order valence-corrected chi connectivity index (χ1v) is 9.16. The summed E-state index contributed by atoms with van der Waals surface area (Å²) < 4.78 is 47.3. The van der Waals surface area contributed by atoms with Crippen molar-refractivity contribution in [1.82, 2.24) is 14.5 Å². The average Bonchev–Trinajstić information content (AvgIpc) is 2.89. The molecule has 1 aliphatic heterocycles. The van der Waals surface area contributed by atoms with Crippen molar-refractivity contribution >= 4 is 22.0 Å². The third-order valence-electron chi connectivity index (χ3n) is 4.06. The minimum atomic E-state index is -4.57. The summed E-state index contributed by atoms with van der Waals surface area (Å²) in [5.74, 6) is 0.160. The summed E-state index contributed by atoms with van der Waals surface area (Å²) in [4.78, 5) is 17.6. The molecule has 1 atom stereocenters. The molecule has 1 aliphatic rings. The van der Waals surface area contributed by atoms with Crippen LogP contribution in [0.1, 0.15) is 39.1 Å². The lowest BCUT2D eigenvalue weighted by Gasteiger charge is -2.42. The maximum absolute atomic E-state index is 13.2. The number of ether oxygens (including phenoxy) is 1. The number of aromatic nitrogens is 2. The van der Waals surface area contributed by atoms with E-state index in [9.17, 15) is 18.0 Å². The van der Waals surface area contributed by atoms with E-state index in [4.69, 9.17) is 4.74 Å². The van der Waals surface area contributed by atoms with Gasteiger partial charge in [-0.1, -0.05) is 28.1 Å². The van der Waals surface area contributed by atoms with Gasteiger partial charge in [0.05, 0.1) is 0 Å². The molecule has 3 rings (SSSR count). The lowest BCUT2D eigenvalue weighted by atomic mass is 10.1. The molecule has 1 saturated heterocycles. The number of amides is 1. The predicted molar refractivity (Wildman–Crippen MR) is 97.0 cm³/mol. The van der Waals surface area contributed by atoms with E-state index in [-0.39, 0.29) is 5.82 Å². The van der Waals surface area contributed by atoms with Crippen LogP contribution in [0.5, 0.6) is 0 Å². The number of rotatable bonds is 2. The van der Waals surface area contributed by atoms with Crippen molar-refractivity contribution in [1.29, 1.82) is 0 Å². The molecule has 0 spiro atoms. The molecule has 0 N–H and O–H groups in total. The molecule has 1 fully saturated rings. The van der Waals surface area contributed by atoms with Crippen LogP contribution in [0.3, 0.4) is 0 Å². The Morgan fingerprint density at radius 2 is 1.85 bits per heavy atom. The summed E-state index contributed by atoms with van der Waals surface area (Å²) in [6, 6.07) is 6.82. The van der Waals surface area contributed by atoms with Gasteiger partial charge in [0.1, 0.15) is 17.6 Å². The smallest absolute Gasteiger partial charge is 0.434 e. The second-order valence-corrected chi connectivity index (χ2v) is 8.22. The second-order valence-electron chi connectivity index (χ2n) is 7.30. The van der Waals surface area contributed by atoms with Crippen LogP contribution >= 0.6 is 15.9 Å². The van der Waals surface area contributed by atoms with E-state index in [0.717, 1.165) is 10.7 Å². The largest absolute Gasteiger partial charge is 0.444 e. The number of hydrogen-bond acceptors (Lipinski definition) is 3. The lowest BCUT2D eigenvalue weighted by Crippen LogP contribution is -2.49. The van der Waals surface area contributed by atoms with Gasteiger partial charge in [0.2, 0.25) is 0 Å². The van der Waals surface area contributed by atoms with Crippen LogP contribution in [0.2, 0.25) is 0 Å². The van der Waals surface area contributed by atoms with Crippen LogP contribution in [0.15, 0.2) is 34.9 Å². The molecule has 1 unspecified atom stereocenters. The maximum Gasteiger partial charge on any atom is 0.434 e. The number of hydrogen-bond donors (Lipinski definition) is 0. The van der Waals surface area contributed by atoms with Crippen molar-refractivity contribution in [3.05, 3.63) is 40.6 Å². The van der Waals surface area contributed by atoms with Crippen LogP contribution < -0.4 is 0 Å². The fraction of sp³-hybridized carbons (Fsp3) is 0.444. The molecule has 5 nitrogen and oxygen atoms in total. The van der Waals surface area contributed by atoms with Crippen LogP contribution in [0.4, 0.5) is 18.0 Å². The molecule has 0 aliphatic carbocycles. The zero-order valence-corrected chi connectivity index (χ0v) is 16.6. The maximum atomic E-state index is 13.2. The number of nitrogens with zero attached hydrogens (tertiary/aromatic N) is 3. The number of alkyl halides is 3. The normalized spacial score (nSPS) is 17.6. The Morgan fingerprint density at radius 3 is 2.33 bits per heavy atom. The molecule has 27 heavy (non-hydrogen) atoms. The van der Waals surface area contributed by atoms with Crippen LogP contribution in [-0.2, 0) is 10.9 Å². The van der Waals surface area contributed by atoms with Gasteiger partial charge < -0.3 is 9.30 Å². The van der Waals surface area contributed by atoms with Crippen LogP contribution in [-0.4, -0.2) is 32.7 Å². The second kappa shape index (κ2) is 6.85. The van der Waals surface area contributed by atoms with Gasteiger partial charge in [-0.25, -0.2) is 9.78 Å². The molecule has 9 heteroatoms. The summed E-state index contributed by atoms with van der Waals surface area (Å²) in [7, 11) is 0. The average molecular weight is 446 g/mol. The Bertz CT molecular complexity index is 841. The van der Waals surface area contributed by atoms with Gasteiger partial charge in [-0.05, 0) is 32.9 Å². The summed E-state index contributed by atoms with van der Waals surface area (Å²) >= 11 is 3.31. The van der Waals surface area contributed by atoms with Crippen LogP contribution in [0.25, 0.3) is 11.4 Å². The minimum Gasteiger partial charge on any atom is -0.444 e. The van der Waals surface area contributed by atoms with E-state index in [0.29, 0.717) is 18.5 Å². The number of carbonyl (C=O) groups is 1. The minimum absolute atomic E-state index is 0.160. The number of carbonyl (C=O) groups excluding carboxylic acids is 1. The molecule has 1 aromatic heterocycles. The summed E-state index contributed by atoms with van der Waals surface area (Å²) in [5, 5.41) is 0. The monoisotopic (exact) mass is 445 g/mol. The van der Waals surface area contributed by atoms with E-state index >= 15 is 0 Å². The highest BCUT2D eigenvalue weighted by Gasteiger charge is 2.41. The first-order chi connectivity index (χ1) is 12.5. The highest BCUT2D eigenvalue weighted by molar-refractivity contribution is 9.10. The number of likely N-dealkylation sites (tertiary alicyclic amines) is 1. The quantitative estimate of drug-likeness (QED) is 0.615. The van der Waals surface area contributed by atoms with Crippen molar-refractivity contribution in [3.8, 4) is 11.4 Å². The molecule has 2 heterocycles. The van der Waals surface area contributed by atoms with Gasteiger partial charge in [-0.15, -0.1) is 0 Å². The van der Waals surface area contributed by atoms with Gasteiger partial charge in [-0.3, -0.25) is 4.90 Å². The molecule has 2 aromatic rings.